The van der Waals surface area contributed by atoms with Gasteiger partial charge in [0.25, 0.3) is 0 Å². The van der Waals surface area contributed by atoms with Crippen molar-refractivity contribution in [1.82, 2.24) is 0 Å². The van der Waals surface area contributed by atoms with Crippen LogP contribution >= 0.6 is 0 Å². The van der Waals surface area contributed by atoms with Gasteiger partial charge in [-0.15, -0.1) is 0 Å². The van der Waals surface area contributed by atoms with Gasteiger partial charge >= 0.3 is 349 Å². The summed E-state index contributed by atoms with van der Waals surface area (Å²) in [6, 6.07) is 74.4. The molecule has 1 heterocycles. The number of rotatable bonds is 17. The van der Waals surface area contributed by atoms with E-state index in [0.717, 1.165) is 22.3 Å². The molecule has 1 saturated heterocycles. The van der Waals surface area contributed by atoms with Gasteiger partial charge in [0.15, 0.2) is 0 Å². The maximum atomic E-state index is 7.78. The Balaban J connectivity index is 1.30. The van der Waals surface area contributed by atoms with Crippen molar-refractivity contribution >= 4 is 29.1 Å². The van der Waals surface area contributed by atoms with Crippen LogP contribution in [0.15, 0.2) is 212 Å². The Morgan fingerprint density at radius 3 is 1.03 bits per heavy atom. The predicted molar refractivity (Wildman–Crippen MR) is 234 cm³/mol. The maximum absolute atomic E-state index is 7.78. The summed E-state index contributed by atoms with van der Waals surface area (Å²) in [5.74, 6) is 0. The van der Waals surface area contributed by atoms with E-state index in [1.165, 1.54) is 10.7 Å². The van der Waals surface area contributed by atoms with Crippen LogP contribution in [0.1, 0.15) is 22.3 Å². The fourth-order valence-electron chi connectivity index (χ4n) is 8.23. The van der Waals surface area contributed by atoms with Crippen LogP contribution in [0.3, 0.4) is 0 Å². The minimum absolute atomic E-state index is 0.307. The first kappa shape index (κ1) is 39.9. The zero-order valence-corrected chi connectivity index (χ0v) is 35.5. The molecule has 0 unspecified atom stereocenters. The third-order valence-electron chi connectivity index (χ3n) is 11.0. The Labute approximate surface area is 347 Å². The topological polar surface area (TPSA) is 46.2 Å². The Hall–Kier alpha value is -4.86. The van der Waals surface area contributed by atoms with Gasteiger partial charge in [0.1, 0.15) is 0 Å². The van der Waals surface area contributed by atoms with Gasteiger partial charge in [0.2, 0.25) is 0 Å². The van der Waals surface area contributed by atoms with Crippen molar-refractivity contribution in [1.29, 1.82) is 0 Å². The molecule has 6 heteroatoms. The van der Waals surface area contributed by atoms with E-state index in [-0.39, 0.29) is 0 Å². The number of ether oxygens (including phenoxy) is 5. The molecule has 5 atom stereocenters. The molecule has 0 spiro atoms. The molecule has 1 aliphatic rings. The van der Waals surface area contributed by atoms with Crippen molar-refractivity contribution in [2.45, 2.75) is 55.0 Å². The van der Waals surface area contributed by atoms with Crippen LogP contribution < -0.4 is 10.7 Å². The van der Waals surface area contributed by atoms with Gasteiger partial charge in [-0.1, -0.05) is 0 Å². The Morgan fingerprint density at radius 2 is 0.655 bits per heavy atom. The summed E-state index contributed by atoms with van der Waals surface area (Å²) in [6.45, 7) is 1.91. The van der Waals surface area contributed by atoms with Crippen LogP contribution in [0.2, 0.25) is 0 Å². The van der Waals surface area contributed by atoms with Crippen LogP contribution in [0.25, 0.3) is 0 Å². The molecule has 0 aromatic heterocycles. The van der Waals surface area contributed by atoms with Gasteiger partial charge in [-0.25, -0.2) is 0 Å². The Bertz CT molecular complexity index is 2120. The summed E-state index contributed by atoms with van der Waals surface area (Å²) >= 11 is -4.37. The monoisotopic (exact) mass is 874 g/mol. The molecular weight excluding hydrogens is 823 g/mol. The van der Waals surface area contributed by atoms with Gasteiger partial charge in [-0.2, -0.15) is 0 Å². The molecule has 0 saturated carbocycles. The normalized spacial score (nSPS) is 19.4. The molecule has 0 N–H and O–H groups in total. The fraction of sp³-hybridized carbons (Fsp3) is 0.192. The van der Waals surface area contributed by atoms with E-state index in [4.69, 9.17) is 23.7 Å². The number of hydrogen-bond acceptors (Lipinski definition) is 5. The molecular formula is C52H50O5Sn. The summed E-state index contributed by atoms with van der Waals surface area (Å²) in [5.41, 5.74) is 4.33. The van der Waals surface area contributed by atoms with Gasteiger partial charge in [-0.3, -0.25) is 0 Å². The summed E-state index contributed by atoms with van der Waals surface area (Å²) < 4.78 is 39.5. The molecule has 0 bridgehead atoms. The first-order valence-corrected chi connectivity index (χ1v) is 26.1. The predicted octanol–water partition coefficient (Wildman–Crippen LogP) is 8.44. The number of hydrogen-bond donors (Lipinski definition) is 0. The van der Waals surface area contributed by atoms with E-state index in [2.05, 4.69) is 164 Å². The van der Waals surface area contributed by atoms with Gasteiger partial charge in [-0.05, 0) is 0 Å². The molecule has 1 fully saturated rings. The Morgan fingerprint density at radius 1 is 0.345 bits per heavy atom. The summed E-state index contributed by atoms with van der Waals surface area (Å²) in [7, 11) is 0. The molecule has 8 rings (SSSR count). The first-order valence-electron chi connectivity index (χ1n) is 20.2. The third kappa shape index (κ3) is 9.53. The molecule has 7 aromatic rings. The van der Waals surface area contributed by atoms with Crippen LogP contribution in [0.5, 0.6) is 0 Å². The second-order valence-electron chi connectivity index (χ2n) is 14.8. The molecule has 0 aliphatic carbocycles. The van der Waals surface area contributed by atoms with Gasteiger partial charge in [0.05, 0.1) is 0 Å². The molecule has 5 nitrogen and oxygen atoms in total. The standard InChI is InChI=1S/C34H35O5.3C6H5.Sn/c1-5-13-27(14-6-1)21-35-25-31-33(38-23-29-17-9-3-10-18-29)34(39-24-30-19-11-4-12-20-30)32(26-37-31)36-22-28-15-7-2-8-16-28;3*1-2-4-6-5-3-1;/h1-20,26,31-34H,21-25H2;3*1-5H;/t31-,32+,33-,34-;;;;/m1..../s1. The summed E-state index contributed by atoms with van der Waals surface area (Å²) in [5, 5.41) is 0. The molecule has 7 aromatic carbocycles. The zero-order chi connectivity index (χ0) is 39.2. The molecule has 58 heavy (non-hydrogen) atoms. The molecule has 0 amide bonds. The van der Waals surface area contributed by atoms with E-state index in [1.54, 1.807) is 0 Å². The van der Waals surface area contributed by atoms with E-state index in [0.29, 0.717) is 33.0 Å². The van der Waals surface area contributed by atoms with Crippen molar-refractivity contribution in [3.63, 3.8) is 0 Å². The van der Waals surface area contributed by atoms with Crippen molar-refractivity contribution in [2.24, 2.45) is 0 Å². The van der Waals surface area contributed by atoms with Crippen molar-refractivity contribution in [2.75, 3.05) is 6.61 Å². The quantitative estimate of drug-likeness (QED) is 0.0861. The minimum atomic E-state index is -4.37. The van der Waals surface area contributed by atoms with Crippen LogP contribution in [-0.4, -0.2) is 53.5 Å². The van der Waals surface area contributed by atoms with Crippen molar-refractivity contribution in [3.8, 4) is 0 Å². The summed E-state index contributed by atoms with van der Waals surface area (Å²) in [6.07, 6.45) is -2.06. The van der Waals surface area contributed by atoms with Crippen LogP contribution in [-0.2, 0) is 50.1 Å². The summed E-state index contributed by atoms with van der Waals surface area (Å²) in [4.78, 5) is 0. The van der Waals surface area contributed by atoms with Crippen molar-refractivity contribution in [3.05, 3.63) is 235 Å². The average molecular weight is 874 g/mol. The van der Waals surface area contributed by atoms with Crippen LogP contribution in [0.4, 0.5) is 0 Å². The van der Waals surface area contributed by atoms with E-state index < -0.39 is 46.9 Å². The second kappa shape index (κ2) is 20.2. The molecule has 1 aliphatic heterocycles. The second-order valence-corrected chi connectivity index (χ2v) is 26.0. The molecule has 292 valence electrons. The average Bonchev–Trinajstić information content (AvgIpc) is 3.30. The zero-order valence-electron chi connectivity index (χ0n) is 32.7. The molecule has 0 radical (unpaired) electrons. The Kier molecular flexibility index (Phi) is 13.9. The van der Waals surface area contributed by atoms with E-state index in [1.807, 2.05) is 48.5 Å². The van der Waals surface area contributed by atoms with E-state index in [9.17, 15) is 0 Å². The van der Waals surface area contributed by atoms with Crippen molar-refractivity contribution < 1.29 is 23.7 Å². The van der Waals surface area contributed by atoms with Gasteiger partial charge in [0, 0.05) is 0 Å². The SMILES string of the molecule is c1ccc(COC[C@H]2O[C@H]([Sn]([c]3ccccc3)([c]3ccccc3)[c]3ccccc3)[C@H](OCc3ccccc3)[C@@H](OCc3ccccc3)[C@@H]2OCc2ccccc2)cc1. The first-order chi connectivity index (χ1) is 28.8. The third-order valence-corrected chi connectivity index (χ3v) is 25.4. The van der Waals surface area contributed by atoms with Gasteiger partial charge < -0.3 is 0 Å². The fourth-order valence-corrected chi connectivity index (χ4v) is 23.4. The number of benzene rings is 7. The van der Waals surface area contributed by atoms with Crippen LogP contribution in [0, 0.1) is 0 Å². The van der Waals surface area contributed by atoms with E-state index >= 15 is 0 Å².